The number of halogens is 1. The number of hydrogen-bond acceptors (Lipinski definition) is 3. The van der Waals surface area contributed by atoms with Gasteiger partial charge in [0.1, 0.15) is 5.75 Å². The average Bonchev–Trinajstić information content (AvgIpc) is 2.68. The largest absolute Gasteiger partial charge is 0.496 e. The van der Waals surface area contributed by atoms with Crippen molar-refractivity contribution in [1.29, 1.82) is 0 Å². The lowest BCUT2D eigenvalue weighted by molar-refractivity contribution is 0.280. The van der Waals surface area contributed by atoms with Crippen molar-refractivity contribution < 1.29 is 9.84 Å². The van der Waals surface area contributed by atoms with E-state index in [1.54, 1.807) is 18.4 Å². The Morgan fingerprint density at radius 3 is 3.00 bits per heavy atom. The van der Waals surface area contributed by atoms with E-state index in [1.165, 1.54) is 4.70 Å². The van der Waals surface area contributed by atoms with Crippen LogP contribution in [0.1, 0.15) is 5.56 Å². The topological polar surface area (TPSA) is 29.5 Å². The van der Waals surface area contributed by atoms with E-state index in [1.807, 2.05) is 17.5 Å². The number of methoxy groups -OCH3 is 1. The van der Waals surface area contributed by atoms with Crippen LogP contribution in [-0.2, 0) is 6.61 Å². The summed E-state index contributed by atoms with van der Waals surface area (Å²) < 4.78 is 7.59. The van der Waals surface area contributed by atoms with Crippen molar-refractivity contribution in [1.82, 2.24) is 0 Å². The summed E-state index contributed by atoms with van der Waals surface area (Å²) in [6.07, 6.45) is 0. The maximum absolute atomic E-state index is 9.18. The molecule has 0 fully saturated rings. The van der Waals surface area contributed by atoms with Crippen LogP contribution in [0.2, 0.25) is 0 Å². The van der Waals surface area contributed by atoms with E-state index in [0.29, 0.717) is 0 Å². The van der Waals surface area contributed by atoms with E-state index in [4.69, 9.17) is 4.74 Å². The SMILES string of the molecule is COc1cc(CO)c(I)c2sccc12. The highest BCUT2D eigenvalue weighted by Crippen LogP contribution is 2.35. The second-order valence-corrected chi connectivity index (χ2v) is 4.87. The van der Waals surface area contributed by atoms with Crippen LogP contribution in [0.3, 0.4) is 0 Å². The number of aliphatic hydroxyl groups excluding tert-OH is 1. The molecule has 4 heteroatoms. The third kappa shape index (κ3) is 1.51. The van der Waals surface area contributed by atoms with Crippen LogP contribution in [0.4, 0.5) is 0 Å². The van der Waals surface area contributed by atoms with Crippen LogP contribution in [0.5, 0.6) is 5.75 Å². The van der Waals surface area contributed by atoms with Crippen molar-refractivity contribution >= 4 is 44.0 Å². The lowest BCUT2D eigenvalue weighted by Gasteiger charge is -2.07. The summed E-state index contributed by atoms with van der Waals surface area (Å²) in [5.41, 5.74) is 0.928. The van der Waals surface area contributed by atoms with Gasteiger partial charge in [0.2, 0.25) is 0 Å². The Balaban J connectivity index is 2.80. The number of fused-ring (bicyclic) bond motifs is 1. The van der Waals surface area contributed by atoms with Gasteiger partial charge in [0, 0.05) is 8.96 Å². The van der Waals surface area contributed by atoms with E-state index in [9.17, 15) is 5.11 Å². The Bertz CT molecular complexity index is 464. The average molecular weight is 320 g/mol. The Kier molecular flexibility index (Phi) is 2.94. The van der Waals surface area contributed by atoms with Crippen LogP contribution in [0, 0.1) is 3.57 Å². The van der Waals surface area contributed by atoms with Crippen molar-refractivity contribution in [2.75, 3.05) is 7.11 Å². The minimum Gasteiger partial charge on any atom is -0.496 e. The monoisotopic (exact) mass is 320 g/mol. The van der Waals surface area contributed by atoms with E-state index in [2.05, 4.69) is 22.6 Å². The molecule has 0 saturated carbocycles. The minimum atomic E-state index is 0.0580. The number of thiophene rings is 1. The fourth-order valence-electron chi connectivity index (χ4n) is 1.40. The molecule has 2 aromatic rings. The molecule has 0 spiro atoms. The zero-order valence-electron chi connectivity index (χ0n) is 7.58. The summed E-state index contributed by atoms with van der Waals surface area (Å²) in [6.45, 7) is 0.0580. The van der Waals surface area contributed by atoms with Crippen molar-refractivity contribution in [3.63, 3.8) is 0 Å². The molecule has 2 rings (SSSR count). The van der Waals surface area contributed by atoms with E-state index >= 15 is 0 Å². The van der Waals surface area contributed by atoms with E-state index in [-0.39, 0.29) is 6.61 Å². The van der Waals surface area contributed by atoms with Gasteiger partial charge in [0.25, 0.3) is 0 Å². The van der Waals surface area contributed by atoms with Gasteiger partial charge in [-0.3, -0.25) is 0 Å². The smallest absolute Gasteiger partial charge is 0.127 e. The molecule has 1 aromatic heterocycles. The summed E-state index contributed by atoms with van der Waals surface area (Å²) in [4.78, 5) is 0. The normalized spacial score (nSPS) is 10.8. The summed E-state index contributed by atoms with van der Waals surface area (Å²) >= 11 is 3.94. The van der Waals surface area contributed by atoms with Crippen molar-refractivity contribution in [2.24, 2.45) is 0 Å². The number of benzene rings is 1. The standard InChI is InChI=1S/C10H9IO2S/c1-13-8-4-6(5-12)9(11)10-7(8)2-3-14-10/h2-4,12H,5H2,1H3. The summed E-state index contributed by atoms with van der Waals surface area (Å²) in [5, 5.41) is 12.3. The van der Waals surface area contributed by atoms with Gasteiger partial charge in [0.05, 0.1) is 18.4 Å². The molecule has 0 amide bonds. The van der Waals surface area contributed by atoms with Crippen LogP contribution in [-0.4, -0.2) is 12.2 Å². The first-order valence-electron chi connectivity index (χ1n) is 4.11. The molecule has 1 N–H and O–H groups in total. The predicted molar refractivity (Wildman–Crippen MR) is 67.0 cm³/mol. The Morgan fingerprint density at radius 2 is 2.36 bits per heavy atom. The van der Waals surface area contributed by atoms with Gasteiger partial charge < -0.3 is 9.84 Å². The third-order valence-corrected chi connectivity index (χ3v) is 4.64. The molecule has 1 heterocycles. The van der Waals surface area contributed by atoms with Gasteiger partial charge >= 0.3 is 0 Å². The molecule has 0 radical (unpaired) electrons. The number of rotatable bonds is 2. The Morgan fingerprint density at radius 1 is 1.57 bits per heavy atom. The molecule has 0 aliphatic carbocycles. The van der Waals surface area contributed by atoms with Crippen LogP contribution in [0.25, 0.3) is 10.1 Å². The molecular formula is C10H9IO2S. The van der Waals surface area contributed by atoms with Crippen LogP contribution in [0.15, 0.2) is 17.5 Å². The summed E-state index contributed by atoms with van der Waals surface area (Å²) in [7, 11) is 1.65. The van der Waals surface area contributed by atoms with E-state index < -0.39 is 0 Å². The van der Waals surface area contributed by atoms with Gasteiger partial charge in [-0.15, -0.1) is 11.3 Å². The molecule has 2 nitrogen and oxygen atoms in total. The number of aliphatic hydroxyl groups is 1. The van der Waals surface area contributed by atoms with Gasteiger partial charge in [0.15, 0.2) is 0 Å². The molecule has 0 atom stereocenters. The third-order valence-electron chi connectivity index (χ3n) is 2.11. The lowest BCUT2D eigenvalue weighted by Crippen LogP contribution is -1.92. The summed E-state index contributed by atoms with van der Waals surface area (Å²) in [6, 6.07) is 3.94. The lowest BCUT2D eigenvalue weighted by atomic mass is 10.1. The quantitative estimate of drug-likeness (QED) is 0.862. The molecule has 1 aromatic carbocycles. The van der Waals surface area contributed by atoms with Gasteiger partial charge in [-0.25, -0.2) is 0 Å². The molecule has 0 aliphatic heterocycles. The fourth-order valence-corrected chi connectivity index (χ4v) is 3.27. The first-order chi connectivity index (χ1) is 6.77. The van der Waals surface area contributed by atoms with Crippen molar-refractivity contribution in [3.8, 4) is 5.75 Å². The predicted octanol–water partition coefficient (Wildman–Crippen LogP) is 3.01. The first-order valence-corrected chi connectivity index (χ1v) is 6.07. The molecule has 14 heavy (non-hydrogen) atoms. The Hall–Kier alpha value is -0.330. The second kappa shape index (κ2) is 4.04. The van der Waals surface area contributed by atoms with Crippen LogP contribution < -0.4 is 4.74 Å². The van der Waals surface area contributed by atoms with Crippen molar-refractivity contribution in [3.05, 3.63) is 26.6 Å². The fraction of sp³-hybridized carbons (Fsp3) is 0.200. The molecular weight excluding hydrogens is 311 g/mol. The molecule has 0 bridgehead atoms. The van der Waals surface area contributed by atoms with Crippen LogP contribution >= 0.6 is 33.9 Å². The Labute approximate surface area is 99.7 Å². The minimum absolute atomic E-state index is 0.0580. The van der Waals surface area contributed by atoms with Crippen molar-refractivity contribution in [2.45, 2.75) is 6.61 Å². The van der Waals surface area contributed by atoms with Gasteiger partial charge in [-0.05, 0) is 45.7 Å². The molecule has 74 valence electrons. The molecule has 0 aliphatic rings. The zero-order chi connectivity index (χ0) is 10.1. The number of ether oxygens (including phenoxy) is 1. The van der Waals surface area contributed by atoms with Gasteiger partial charge in [-0.1, -0.05) is 0 Å². The number of hydrogen-bond donors (Lipinski definition) is 1. The highest BCUT2D eigenvalue weighted by Gasteiger charge is 2.10. The maximum atomic E-state index is 9.18. The maximum Gasteiger partial charge on any atom is 0.127 e. The first kappa shape index (κ1) is 10.2. The highest BCUT2D eigenvalue weighted by molar-refractivity contribution is 14.1. The zero-order valence-corrected chi connectivity index (χ0v) is 10.6. The summed E-state index contributed by atoms with van der Waals surface area (Å²) in [5.74, 6) is 0.839. The molecule has 0 saturated heterocycles. The highest BCUT2D eigenvalue weighted by atomic mass is 127. The van der Waals surface area contributed by atoms with Gasteiger partial charge in [-0.2, -0.15) is 0 Å². The van der Waals surface area contributed by atoms with E-state index in [0.717, 1.165) is 20.3 Å². The second-order valence-electron chi connectivity index (χ2n) is 2.87. The molecule has 0 unspecified atom stereocenters.